The predicted molar refractivity (Wildman–Crippen MR) is 74.9 cm³/mol. The average Bonchev–Trinajstić information content (AvgIpc) is 2.35. The van der Waals surface area contributed by atoms with Crippen molar-refractivity contribution >= 4 is 0 Å². The van der Waals surface area contributed by atoms with Crippen molar-refractivity contribution < 1.29 is 9.84 Å². The smallest absolute Gasteiger partial charge is 0.124 e. The second kappa shape index (κ2) is 8.11. The summed E-state index contributed by atoms with van der Waals surface area (Å²) in [6.07, 6.45) is 1.03. The zero-order valence-corrected chi connectivity index (χ0v) is 11.6. The highest BCUT2D eigenvalue weighted by Gasteiger charge is 2.16. The van der Waals surface area contributed by atoms with E-state index in [2.05, 4.69) is 25.2 Å². The summed E-state index contributed by atoms with van der Waals surface area (Å²) in [4.78, 5) is 0. The molecule has 0 fully saturated rings. The van der Waals surface area contributed by atoms with Crippen LogP contribution >= 0.6 is 0 Å². The average molecular weight is 251 g/mol. The summed E-state index contributed by atoms with van der Waals surface area (Å²) in [5.74, 6) is 1.53. The summed E-state index contributed by atoms with van der Waals surface area (Å²) in [7, 11) is 0. The van der Waals surface area contributed by atoms with Gasteiger partial charge in [0.25, 0.3) is 0 Å². The Bertz CT molecular complexity index is 339. The lowest BCUT2D eigenvalue weighted by Gasteiger charge is -2.23. The van der Waals surface area contributed by atoms with E-state index >= 15 is 0 Å². The Morgan fingerprint density at radius 3 is 2.61 bits per heavy atom. The fourth-order valence-electron chi connectivity index (χ4n) is 2.09. The van der Waals surface area contributed by atoms with E-state index in [-0.39, 0.29) is 12.6 Å². The van der Waals surface area contributed by atoms with Crippen LogP contribution in [-0.2, 0) is 0 Å². The number of aliphatic hydroxyl groups is 1. The van der Waals surface area contributed by atoms with E-state index in [1.807, 2.05) is 25.1 Å². The molecule has 0 aliphatic heterocycles. The molecular weight excluding hydrogens is 226 g/mol. The van der Waals surface area contributed by atoms with Crippen LogP contribution in [-0.4, -0.2) is 24.9 Å². The minimum atomic E-state index is 0.158. The Kier molecular flexibility index (Phi) is 6.76. The Hall–Kier alpha value is -1.06. The molecule has 3 nitrogen and oxygen atoms in total. The van der Waals surface area contributed by atoms with Crippen molar-refractivity contribution in [3.63, 3.8) is 0 Å². The van der Waals surface area contributed by atoms with Gasteiger partial charge in [0.2, 0.25) is 0 Å². The minimum absolute atomic E-state index is 0.158. The van der Waals surface area contributed by atoms with Crippen LogP contribution in [0.4, 0.5) is 0 Å². The van der Waals surface area contributed by atoms with Gasteiger partial charge in [-0.25, -0.2) is 0 Å². The van der Waals surface area contributed by atoms with Crippen LogP contribution < -0.4 is 10.1 Å². The maximum Gasteiger partial charge on any atom is 0.124 e. The van der Waals surface area contributed by atoms with Crippen molar-refractivity contribution in [2.75, 3.05) is 19.8 Å². The lowest BCUT2D eigenvalue weighted by Crippen LogP contribution is -2.26. The first-order valence-electron chi connectivity index (χ1n) is 6.75. The topological polar surface area (TPSA) is 41.5 Å². The van der Waals surface area contributed by atoms with Crippen molar-refractivity contribution in [2.24, 2.45) is 5.92 Å². The third-order valence-corrected chi connectivity index (χ3v) is 2.80. The number of hydrogen-bond donors (Lipinski definition) is 2. The third-order valence-electron chi connectivity index (χ3n) is 2.80. The lowest BCUT2D eigenvalue weighted by atomic mass is 9.96. The second-order valence-electron chi connectivity index (χ2n) is 4.83. The zero-order chi connectivity index (χ0) is 13.4. The SMILES string of the molecule is CCOc1ccccc1C(CC(C)C)NCCO. The minimum Gasteiger partial charge on any atom is -0.494 e. The fraction of sp³-hybridized carbons (Fsp3) is 0.600. The Balaban J connectivity index is 2.88. The van der Waals surface area contributed by atoms with E-state index in [0.717, 1.165) is 12.2 Å². The van der Waals surface area contributed by atoms with Crippen molar-refractivity contribution in [1.82, 2.24) is 5.32 Å². The molecular formula is C15H25NO2. The summed E-state index contributed by atoms with van der Waals surface area (Å²) >= 11 is 0. The molecule has 2 N–H and O–H groups in total. The van der Waals surface area contributed by atoms with Gasteiger partial charge in [-0.15, -0.1) is 0 Å². The highest BCUT2D eigenvalue weighted by atomic mass is 16.5. The van der Waals surface area contributed by atoms with Crippen molar-refractivity contribution in [3.8, 4) is 5.75 Å². The Labute approximate surface area is 110 Å². The maximum absolute atomic E-state index is 8.98. The first-order valence-corrected chi connectivity index (χ1v) is 6.75. The monoisotopic (exact) mass is 251 g/mol. The van der Waals surface area contributed by atoms with Crippen LogP contribution in [0.3, 0.4) is 0 Å². The molecule has 0 aliphatic carbocycles. The van der Waals surface area contributed by atoms with E-state index in [1.165, 1.54) is 5.56 Å². The van der Waals surface area contributed by atoms with Crippen LogP contribution in [0.25, 0.3) is 0 Å². The van der Waals surface area contributed by atoms with Gasteiger partial charge < -0.3 is 15.2 Å². The molecule has 0 saturated carbocycles. The quantitative estimate of drug-likeness (QED) is 0.746. The number of para-hydroxylation sites is 1. The van der Waals surface area contributed by atoms with Gasteiger partial charge in [0.1, 0.15) is 5.75 Å². The number of rotatable bonds is 8. The van der Waals surface area contributed by atoms with Gasteiger partial charge in [-0.05, 0) is 25.3 Å². The first kappa shape index (κ1) is 15.0. The van der Waals surface area contributed by atoms with Crippen LogP contribution in [0.15, 0.2) is 24.3 Å². The van der Waals surface area contributed by atoms with Gasteiger partial charge >= 0.3 is 0 Å². The van der Waals surface area contributed by atoms with Gasteiger partial charge in [0.05, 0.1) is 13.2 Å². The van der Waals surface area contributed by atoms with Gasteiger partial charge in [0.15, 0.2) is 0 Å². The summed E-state index contributed by atoms with van der Waals surface area (Å²) < 4.78 is 5.68. The molecule has 18 heavy (non-hydrogen) atoms. The van der Waals surface area contributed by atoms with Gasteiger partial charge in [-0.3, -0.25) is 0 Å². The highest BCUT2D eigenvalue weighted by molar-refractivity contribution is 5.36. The molecule has 1 aromatic rings. The normalized spacial score (nSPS) is 12.7. The number of nitrogens with one attached hydrogen (secondary N) is 1. The van der Waals surface area contributed by atoms with Crippen molar-refractivity contribution in [2.45, 2.75) is 33.2 Å². The van der Waals surface area contributed by atoms with E-state index in [9.17, 15) is 0 Å². The molecule has 0 spiro atoms. The molecule has 1 rings (SSSR count). The molecule has 102 valence electrons. The molecule has 0 heterocycles. The van der Waals surface area contributed by atoms with Crippen LogP contribution in [0.2, 0.25) is 0 Å². The lowest BCUT2D eigenvalue weighted by molar-refractivity contribution is 0.275. The summed E-state index contributed by atoms with van der Waals surface area (Å²) in [5.41, 5.74) is 1.18. The molecule has 0 amide bonds. The summed E-state index contributed by atoms with van der Waals surface area (Å²) in [6.45, 7) is 7.85. The van der Waals surface area contributed by atoms with Crippen LogP contribution in [0.5, 0.6) is 5.75 Å². The molecule has 1 unspecified atom stereocenters. The number of ether oxygens (including phenoxy) is 1. The molecule has 1 aromatic carbocycles. The number of hydrogen-bond acceptors (Lipinski definition) is 3. The molecule has 3 heteroatoms. The summed E-state index contributed by atoms with van der Waals surface area (Å²) in [6, 6.07) is 8.37. The second-order valence-corrected chi connectivity index (χ2v) is 4.83. The van der Waals surface area contributed by atoms with E-state index in [4.69, 9.17) is 9.84 Å². The van der Waals surface area contributed by atoms with E-state index in [0.29, 0.717) is 19.1 Å². The molecule has 0 aromatic heterocycles. The van der Waals surface area contributed by atoms with E-state index in [1.54, 1.807) is 0 Å². The standard InChI is InChI=1S/C15H25NO2/c1-4-18-15-8-6-5-7-13(15)14(11-12(2)3)16-9-10-17/h5-8,12,14,16-17H,4,9-11H2,1-3H3. The molecule has 0 bridgehead atoms. The zero-order valence-electron chi connectivity index (χ0n) is 11.6. The Morgan fingerprint density at radius 2 is 2.00 bits per heavy atom. The van der Waals surface area contributed by atoms with Gasteiger partial charge in [-0.1, -0.05) is 32.0 Å². The largest absolute Gasteiger partial charge is 0.494 e. The molecule has 0 saturated heterocycles. The molecule has 1 atom stereocenters. The van der Waals surface area contributed by atoms with Gasteiger partial charge in [-0.2, -0.15) is 0 Å². The molecule has 0 radical (unpaired) electrons. The van der Waals surface area contributed by atoms with Gasteiger partial charge in [0, 0.05) is 18.2 Å². The first-order chi connectivity index (χ1) is 8.69. The number of aliphatic hydroxyl groups excluding tert-OH is 1. The number of benzene rings is 1. The van der Waals surface area contributed by atoms with Crippen molar-refractivity contribution in [3.05, 3.63) is 29.8 Å². The Morgan fingerprint density at radius 1 is 1.28 bits per heavy atom. The summed E-state index contributed by atoms with van der Waals surface area (Å²) in [5, 5.41) is 12.4. The highest BCUT2D eigenvalue weighted by Crippen LogP contribution is 2.29. The third kappa shape index (κ3) is 4.67. The van der Waals surface area contributed by atoms with E-state index < -0.39 is 0 Å². The van der Waals surface area contributed by atoms with Crippen LogP contribution in [0, 0.1) is 5.92 Å². The van der Waals surface area contributed by atoms with Crippen LogP contribution in [0.1, 0.15) is 38.8 Å². The molecule has 0 aliphatic rings. The fourth-order valence-corrected chi connectivity index (χ4v) is 2.09. The van der Waals surface area contributed by atoms with Crippen molar-refractivity contribution in [1.29, 1.82) is 0 Å². The predicted octanol–water partition coefficient (Wildman–Crippen LogP) is 2.75. The maximum atomic E-state index is 8.98.